The van der Waals surface area contributed by atoms with Gasteiger partial charge in [0.2, 0.25) is 0 Å². The van der Waals surface area contributed by atoms with Crippen LogP contribution in [0.3, 0.4) is 0 Å². The molecule has 2 aromatic rings. The third-order valence-electron chi connectivity index (χ3n) is 3.50. The van der Waals surface area contributed by atoms with Crippen LogP contribution in [0.4, 0.5) is 0 Å². The summed E-state index contributed by atoms with van der Waals surface area (Å²) in [6.45, 7) is 5.54. The van der Waals surface area contributed by atoms with Gasteiger partial charge in [0.15, 0.2) is 5.96 Å². The summed E-state index contributed by atoms with van der Waals surface area (Å²) in [5, 5.41) is 15.5. The second-order valence-corrected chi connectivity index (χ2v) is 5.28. The van der Waals surface area contributed by atoms with E-state index in [9.17, 15) is 0 Å². The first-order chi connectivity index (χ1) is 11.2. The van der Waals surface area contributed by atoms with E-state index in [1.165, 1.54) is 5.56 Å². The van der Waals surface area contributed by atoms with Crippen LogP contribution < -0.4 is 10.6 Å². The van der Waals surface area contributed by atoms with Crippen LogP contribution in [0, 0.1) is 11.3 Å². The average molecular weight is 306 g/mol. The lowest BCUT2D eigenvalue weighted by Crippen LogP contribution is -2.38. The molecule has 1 unspecified atom stereocenters. The van der Waals surface area contributed by atoms with Crippen LogP contribution >= 0.6 is 0 Å². The molecule has 0 fully saturated rings. The number of nitriles is 1. The van der Waals surface area contributed by atoms with Gasteiger partial charge in [0.25, 0.3) is 0 Å². The Morgan fingerprint density at radius 2 is 1.83 bits per heavy atom. The molecular formula is C19H22N4. The van der Waals surface area contributed by atoms with Gasteiger partial charge in [-0.3, -0.25) is 0 Å². The molecule has 0 bridgehead atoms. The fourth-order valence-electron chi connectivity index (χ4n) is 2.21. The van der Waals surface area contributed by atoms with E-state index in [0.29, 0.717) is 12.1 Å². The lowest BCUT2D eigenvalue weighted by molar-refractivity contribution is 0.686. The highest BCUT2D eigenvalue weighted by Crippen LogP contribution is 2.11. The number of nitrogens with zero attached hydrogens (tertiary/aromatic N) is 2. The van der Waals surface area contributed by atoms with Crippen molar-refractivity contribution in [2.24, 2.45) is 4.99 Å². The molecule has 0 aromatic heterocycles. The summed E-state index contributed by atoms with van der Waals surface area (Å²) in [4.78, 5) is 4.62. The number of hydrogen-bond acceptors (Lipinski definition) is 2. The summed E-state index contributed by atoms with van der Waals surface area (Å²) in [6, 6.07) is 20.1. The Bertz CT molecular complexity index is 669. The first-order valence-corrected chi connectivity index (χ1v) is 7.81. The summed E-state index contributed by atoms with van der Waals surface area (Å²) < 4.78 is 0. The molecule has 1 atom stereocenters. The molecule has 0 aliphatic carbocycles. The molecule has 0 amide bonds. The fourth-order valence-corrected chi connectivity index (χ4v) is 2.21. The van der Waals surface area contributed by atoms with Crippen LogP contribution in [-0.4, -0.2) is 12.5 Å². The van der Waals surface area contributed by atoms with Gasteiger partial charge in [-0.15, -0.1) is 0 Å². The number of nitrogens with one attached hydrogen (secondary N) is 2. The van der Waals surface area contributed by atoms with Crippen molar-refractivity contribution in [3.63, 3.8) is 0 Å². The van der Waals surface area contributed by atoms with Crippen LogP contribution in [0.5, 0.6) is 0 Å². The van der Waals surface area contributed by atoms with Crippen molar-refractivity contribution in [1.82, 2.24) is 10.6 Å². The zero-order chi connectivity index (χ0) is 16.5. The second kappa shape index (κ2) is 8.60. The number of hydrogen-bond donors (Lipinski definition) is 2. The number of aliphatic imine (C=N–C) groups is 1. The van der Waals surface area contributed by atoms with Crippen molar-refractivity contribution in [1.29, 1.82) is 5.26 Å². The van der Waals surface area contributed by atoms with Gasteiger partial charge in [-0.05, 0) is 37.1 Å². The Morgan fingerprint density at radius 1 is 1.13 bits per heavy atom. The van der Waals surface area contributed by atoms with Gasteiger partial charge in [-0.2, -0.15) is 5.26 Å². The van der Waals surface area contributed by atoms with Crippen LogP contribution in [0.1, 0.15) is 36.6 Å². The molecule has 0 radical (unpaired) electrons. The molecule has 4 nitrogen and oxygen atoms in total. The first kappa shape index (κ1) is 16.6. The largest absolute Gasteiger partial charge is 0.357 e. The average Bonchev–Trinajstić information content (AvgIpc) is 2.61. The number of guanidine groups is 1. The van der Waals surface area contributed by atoms with Crippen LogP contribution in [0.25, 0.3) is 0 Å². The lowest BCUT2D eigenvalue weighted by Gasteiger charge is -2.18. The van der Waals surface area contributed by atoms with E-state index in [0.717, 1.165) is 18.1 Å². The predicted molar refractivity (Wildman–Crippen MR) is 94.0 cm³/mol. The Balaban J connectivity index is 2.03. The van der Waals surface area contributed by atoms with Gasteiger partial charge in [0, 0.05) is 6.54 Å². The monoisotopic (exact) mass is 306 g/mol. The minimum absolute atomic E-state index is 0.176. The zero-order valence-electron chi connectivity index (χ0n) is 13.6. The summed E-state index contributed by atoms with van der Waals surface area (Å²) in [5.41, 5.74) is 2.96. The second-order valence-electron chi connectivity index (χ2n) is 5.28. The summed E-state index contributed by atoms with van der Waals surface area (Å²) >= 11 is 0. The topological polar surface area (TPSA) is 60.2 Å². The Kier molecular flexibility index (Phi) is 6.19. The maximum absolute atomic E-state index is 8.83. The van der Waals surface area contributed by atoms with Crippen LogP contribution in [0.15, 0.2) is 59.6 Å². The highest BCUT2D eigenvalue weighted by molar-refractivity contribution is 5.80. The van der Waals surface area contributed by atoms with Crippen molar-refractivity contribution in [3.8, 4) is 6.07 Å². The highest BCUT2D eigenvalue weighted by atomic mass is 15.2. The SMILES string of the molecule is CCNC(=NCc1ccc(C#N)cc1)NC(C)c1ccccc1. The molecule has 2 N–H and O–H groups in total. The Hall–Kier alpha value is -2.80. The maximum Gasteiger partial charge on any atom is 0.192 e. The molecule has 0 spiro atoms. The third kappa shape index (κ3) is 5.15. The van der Waals surface area contributed by atoms with Gasteiger partial charge < -0.3 is 10.6 Å². The maximum atomic E-state index is 8.83. The normalized spacial score (nSPS) is 12.3. The molecular weight excluding hydrogens is 284 g/mol. The molecule has 0 heterocycles. The van der Waals surface area contributed by atoms with Crippen molar-refractivity contribution in [2.75, 3.05) is 6.54 Å². The standard InChI is InChI=1S/C19H22N4/c1-3-21-19(23-15(2)18-7-5-4-6-8-18)22-14-17-11-9-16(13-20)10-12-17/h4-12,15H,3,14H2,1-2H3,(H2,21,22,23). The summed E-state index contributed by atoms with van der Waals surface area (Å²) in [6.07, 6.45) is 0. The minimum Gasteiger partial charge on any atom is -0.357 e. The highest BCUT2D eigenvalue weighted by Gasteiger charge is 2.06. The minimum atomic E-state index is 0.176. The van der Waals surface area contributed by atoms with E-state index in [4.69, 9.17) is 5.26 Å². The molecule has 4 heteroatoms. The van der Waals surface area contributed by atoms with E-state index in [1.54, 1.807) is 0 Å². The molecule has 118 valence electrons. The smallest absolute Gasteiger partial charge is 0.192 e. The molecule has 0 aliphatic heterocycles. The van der Waals surface area contributed by atoms with E-state index in [1.807, 2.05) is 49.4 Å². The van der Waals surface area contributed by atoms with Gasteiger partial charge in [0.1, 0.15) is 0 Å². The molecule has 23 heavy (non-hydrogen) atoms. The van der Waals surface area contributed by atoms with Crippen LogP contribution in [0.2, 0.25) is 0 Å². The van der Waals surface area contributed by atoms with E-state index in [2.05, 4.69) is 40.8 Å². The number of benzene rings is 2. The number of rotatable bonds is 5. The van der Waals surface area contributed by atoms with E-state index >= 15 is 0 Å². The molecule has 0 aliphatic rings. The summed E-state index contributed by atoms with van der Waals surface area (Å²) in [7, 11) is 0. The quantitative estimate of drug-likeness (QED) is 0.657. The van der Waals surface area contributed by atoms with E-state index < -0.39 is 0 Å². The lowest BCUT2D eigenvalue weighted by atomic mass is 10.1. The van der Waals surface area contributed by atoms with Crippen molar-refractivity contribution >= 4 is 5.96 Å². The van der Waals surface area contributed by atoms with Gasteiger partial charge in [-0.1, -0.05) is 42.5 Å². The van der Waals surface area contributed by atoms with Gasteiger partial charge >= 0.3 is 0 Å². The summed E-state index contributed by atoms with van der Waals surface area (Å²) in [5.74, 6) is 0.785. The Labute approximate surface area is 137 Å². The van der Waals surface area contributed by atoms with E-state index in [-0.39, 0.29) is 6.04 Å². The molecule has 0 saturated heterocycles. The van der Waals surface area contributed by atoms with Gasteiger partial charge in [0.05, 0.1) is 24.2 Å². The first-order valence-electron chi connectivity index (χ1n) is 7.81. The van der Waals surface area contributed by atoms with Crippen LogP contribution in [-0.2, 0) is 6.54 Å². The Morgan fingerprint density at radius 3 is 2.43 bits per heavy atom. The van der Waals surface area contributed by atoms with Gasteiger partial charge in [-0.25, -0.2) is 4.99 Å². The zero-order valence-corrected chi connectivity index (χ0v) is 13.6. The molecule has 2 aromatic carbocycles. The predicted octanol–water partition coefficient (Wildman–Crippen LogP) is 3.37. The molecule has 0 saturated carbocycles. The fraction of sp³-hybridized carbons (Fsp3) is 0.263. The third-order valence-corrected chi connectivity index (χ3v) is 3.50. The van der Waals surface area contributed by atoms with Crippen molar-refractivity contribution in [3.05, 3.63) is 71.3 Å². The van der Waals surface area contributed by atoms with Crippen molar-refractivity contribution < 1.29 is 0 Å². The molecule has 2 rings (SSSR count). The van der Waals surface area contributed by atoms with Crippen molar-refractivity contribution in [2.45, 2.75) is 26.4 Å².